The molecule has 1 N–H and O–H groups in total. The van der Waals surface area contributed by atoms with Crippen LogP contribution < -0.4 is 0 Å². The lowest BCUT2D eigenvalue weighted by Gasteiger charge is -2.15. The minimum atomic E-state index is -0.575. The number of hydrogen-bond donors (Lipinski definition) is 1. The molecule has 0 heterocycles. The third kappa shape index (κ3) is 34.2. The SMILES string of the molecule is C=CCC=CCC=CCC=CCC=CCC=CCCC(=O)OC(CO)COCCCCCCCCCCCCCCCC. The molecule has 0 saturated carbocycles. The molecule has 0 aliphatic carbocycles. The second-order valence-corrected chi connectivity index (χ2v) is 11.3. The van der Waals surface area contributed by atoms with Gasteiger partial charge in [0.1, 0.15) is 6.10 Å². The summed E-state index contributed by atoms with van der Waals surface area (Å²) >= 11 is 0. The Kier molecular flexibility index (Phi) is 34.2. The molecular formula is C39H66O4. The van der Waals surface area contributed by atoms with Gasteiger partial charge in [0.25, 0.3) is 0 Å². The Bertz CT molecular complexity index is 746. The quantitative estimate of drug-likeness (QED) is 0.0475. The minimum Gasteiger partial charge on any atom is -0.457 e. The summed E-state index contributed by atoms with van der Waals surface area (Å²) in [7, 11) is 0. The maximum atomic E-state index is 12.1. The molecule has 0 radical (unpaired) electrons. The largest absolute Gasteiger partial charge is 0.457 e. The molecule has 0 bridgehead atoms. The summed E-state index contributed by atoms with van der Waals surface area (Å²) in [6.07, 6.45) is 46.9. The van der Waals surface area contributed by atoms with Gasteiger partial charge >= 0.3 is 5.97 Å². The van der Waals surface area contributed by atoms with E-state index < -0.39 is 6.10 Å². The van der Waals surface area contributed by atoms with Gasteiger partial charge in [-0.05, 0) is 44.9 Å². The fraction of sp³-hybridized carbons (Fsp3) is 0.667. The molecule has 1 atom stereocenters. The summed E-state index contributed by atoms with van der Waals surface area (Å²) in [6, 6.07) is 0. The molecule has 0 spiro atoms. The van der Waals surface area contributed by atoms with Crippen LogP contribution >= 0.6 is 0 Å². The Hall–Kier alpha value is -2.17. The van der Waals surface area contributed by atoms with Crippen LogP contribution in [0.3, 0.4) is 0 Å². The highest BCUT2D eigenvalue weighted by molar-refractivity contribution is 5.69. The molecule has 0 aromatic heterocycles. The van der Waals surface area contributed by atoms with Crippen molar-refractivity contribution >= 4 is 5.97 Å². The first-order chi connectivity index (χ1) is 21.2. The fourth-order valence-corrected chi connectivity index (χ4v) is 4.58. The molecule has 0 aliphatic heterocycles. The van der Waals surface area contributed by atoms with Gasteiger partial charge in [0.05, 0.1) is 13.2 Å². The van der Waals surface area contributed by atoms with Crippen LogP contribution in [-0.2, 0) is 14.3 Å². The Morgan fingerprint density at radius 2 is 1.05 bits per heavy atom. The zero-order valence-corrected chi connectivity index (χ0v) is 27.8. The number of hydrogen-bond acceptors (Lipinski definition) is 4. The van der Waals surface area contributed by atoms with E-state index in [4.69, 9.17) is 9.47 Å². The van der Waals surface area contributed by atoms with Gasteiger partial charge in [-0.2, -0.15) is 0 Å². The van der Waals surface area contributed by atoms with Crippen LogP contribution in [0, 0.1) is 0 Å². The molecule has 4 nitrogen and oxygen atoms in total. The molecular weight excluding hydrogens is 532 g/mol. The molecule has 0 aromatic carbocycles. The zero-order chi connectivity index (χ0) is 31.3. The number of unbranched alkanes of at least 4 members (excludes halogenated alkanes) is 13. The van der Waals surface area contributed by atoms with Crippen molar-refractivity contribution in [2.75, 3.05) is 19.8 Å². The third-order valence-electron chi connectivity index (χ3n) is 7.19. The molecule has 0 aliphatic rings. The molecule has 0 saturated heterocycles. The lowest BCUT2D eigenvalue weighted by Crippen LogP contribution is -2.27. The summed E-state index contributed by atoms with van der Waals surface area (Å²) in [5, 5.41) is 9.53. The summed E-state index contributed by atoms with van der Waals surface area (Å²) in [5.74, 6) is -0.286. The van der Waals surface area contributed by atoms with Crippen molar-refractivity contribution in [3.05, 3.63) is 73.4 Å². The van der Waals surface area contributed by atoms with Crippen molar-refractivity contribution in [1.82, 2.24) is 0 Å². The predicted octanol–water partition coefficient (Wildman–Crippen LogP) is 11.1. The topological polar surface area (TPSA) is 55.8 Å². The van der Waals surface area contributed by atoms with Gasteiger partial charge in [0.2, 0.25) is 0 Å². The van der Waals surface area contributed by atoms with Crippen LogP contribution in [0.4, 0.5) is 0 Å². The first kappa shape index (κ1) is 40.8. The summed E-state index contributed by atoms with van der Waals surface area (Å²) in [6.45, 7) is 6.69. The number of rotatable bonds is 32. The molecule has 0 amide bonds. The van der Waals surface area contributed by atoms with E-state index in [9.17, 15) is 9.90 Å². The Morgan fingerprint density at radius 3 is 1.49 bits per heavy atom. The Morgan fingerprint density at radius 1 is 0.628 bits per heavy atom. The number of ether oxygens (including phenoxy) is 2. The van der Waals surface area contributed by atoms with Gasteiger partial charge in [-0.1, -0.05) is 157 Å². The molecule has 4 heteroatoms. The van der Waals surface area contributed by atoms with E-state index in [1.165, 1.54) is 83.5 Å². The van der Waals surface area contributed by atoms with Crippen LogP contribution in [0.15, 0.2) is 73.4 Å². The van der Waals surface area contributed by atoms with E-state index in [0.717, 1.165) is 38.5 Å². The number of carbonyl (C=O) groups excluding carboxylic acids is 1. The smallest absolute Gasteiger partial charge is 0.306 e. The van der Waals surface area contributed by atoms with Gasteiger partial charge in [-0.15, -0.1) is 6.58 Å². The Labute approximate surface area is 266 Å². The number of aliphatic hydroxyl groups excluding tert-OH is 1. The van der Waals surface area contributed by atoms with Crippen molar-refractivity contribution in [3.8, 4) is 0 Å². The van der Waals surface area contributed by atoms with Gasteiger partial charge in [-0.3, -0.25) is 4.79 Å². The van der Waals surface area contributed by atoms with Crippen LogP contribution in [0.2, 0.25) is 0 Å². The summed E-state index contributed by atoms with van der Waals surface area (Å²) in [5.41, 5.74) is 0. The zero-order valence-electron chi connectivity index (χ0n) is 27.8. The van der Waals surface area contributed by atoms with E-state index in [2.05, 4.69) is 68.2 Å². The normalized spacial score (nSPS) is 13.0. The molecule has 0 aromatic rings. The molecule has 246 valence electrons. The molecule has 0 fully saturated rings. The van der Waals surface area contributed by atoms with Gasteiger partial charge < -0.3 is 14.6 Å². The minimum absolute atomic E-state index is 0.205. The van der Waals surface area contributed by atoms with Crippen LogP contribution in [0.1, 0.15) is 142 Å². The van der Waals surface area contributed by atoms with Gasteiger partial charge in [-0.25, -0.2) is 0 Å². The van der Waals surface area contributed by atoms with Crippen molar-refractivity contribution in [2.45, 2.75) is 148 Å². The number of allylic oxidation sites excluding steroid dienone is 11. The first-order valence-electron chi connectivity index (χ1n) is 17.5. The number of carbonyl (C=O) groups is 1. The van der Waals surface area contributed by atoms with Crippen molar-refractivity contribution in [2.24, 2.45) is 0 Å². The second-order valence-electron chi connectivity index (χ2n) is 11.3. The first-order valence-corrected chi connectivity index (χ1v) is 17.5. The Balaban J connectivity index is 3.60. The highest BCUT2D eigenvalue weighted by Gasteiger charge is 2.13. The maximum Gasteiger partial charge on any atom is 0.306 e. The average molecular weight is 599 g/mol. The lowest BCUT2D eigenvalue weighted by atomic mass is 10.0. The third-order valence-corrected chi connectivity index (χ3v) is 7.19. The maximum absolute atomic E-state index is 12.1. The van der Waals surface area contributed by atoms with E-state index in [1.807, 2.05) is 12.2 Å². The highest BCUT2D eigenvalue weighted by Crippen LogP contribution is 2.13. The predicted molar refractivity (Wildman–Crippen MR) is 186 cm³/mol. The van der Waals surface area contributed by atoms with E-state index >= 15 is 0 Å². The average Bonchev–Trinajstić information content (AvgIpc) is 3.01. The van der Waals surface area contributed by atoms with E-state index in [1.54, 1.807) is 0 Å². The van der Waals surface area contributed by atoms with Crippen molar-refractivity contribution in [3.63, 3.8) is 0 Å². The fourth-order valence-electron chi connectivity index (χ4n) is 4.58. The van der Waals surface area contributed by atoms with Crippen LogP contribution in [-0.4, -0.2) is 37.0 Å². The number of aliphatic hydroxyl groups is 1. The molecule has 43 heavy (non-hydrogen) atoms. The summed E-state index contributed by atoms with van der Waals surface area (Å²) < 4.78 is 11.0. The lowest BCUT2D eigenvalue weighted by molar-refractivity contribution is -0.154. The number of esters is 1. The highest BCUT2D eigenvalue weighted by atomic mass is 16.6. The van der Waals surface area contributed by atoms with Crippen molar-refractivity contribution in [1.29, 1.82) is 0 Å². The van der Waals surface area contributed by atoms with E-state index in [-0.39, 0.29) is 19.2 Å². The van der Waals surface area contributed by atoms with Gasteiger partial charge in [0, 0.05) is 13.0 Å². The molecule has 0 rings (SSSR count). The molecule has 1 unspecified atom stereocenters. The monoisotopic (exact) mass is 598 g/mol. The standard InChI is InChI=1S/C39H66O4/c1-3-5-7-9-11-13-15-17-19-20-21-22-24-26-28-30-32-34-39(41)43-38(36-40)37-42-35-33-31-29-27-25-23-18-16-14-12-10-8-6-4-2/h3,7,9,13,15,19-20,22,24,28,30,38,40H,1,4-6,8,10-12,14,16-18,21,23,25-27,29,31-37H2,2H3. The summed E-state index contributed by atoms with van der Waals surface area (Å²) in [4.78, 5) is 12.1. The van der Waals surface area contributed by atoms with Crippen LogP contribution in [0.5, 0.6) is 0 Å². The van der Waals surface area contributed by atoms with Gasteiger partial charge in [0.15, 0.2) is 0 Å². The van der Waals surface area contributed by atoms with Crippen LogP contribution in [0.25, 0.3) is 0 Å². The van der Waals surface area contributed by atoms with E-state index in [0.29, 0.717) is 19.4 Å². The second kappa shape index (κ2) is 36.0. The van der Waals surface area contributed by atoms with Crippen molar-refractivity contribution < 1.29 is 19.4 Å².